The number of rotatable bonds is 5. The van der Waals surface area contributed by atoms with Crippen LogP contribution >= 0.6 is 0 Å². The molecule has 1 aromatic rings. The summed E-state index contributed by atoms with van der Waals surface area (Å²) >= 11 is 0. The Morgan fingerprint density at radius 1 is 1.30 bits per heavy atom. The third-order valence-electron chi connectivity index (χ3n) is 4.12. The lowest BCUT2D eigenvalue weighted by atomic mass is 10.0. The fourth-order valence-corrected chi connectivity index (χ4v) is 2.86. The number of hydrogen-bond acceptors (Lipinski definition) is 4. The Morgan fingerprint density at radius 2 is 2.04 bits per heavy atom. The molecule has 0 radical (unpaired) electrons. The predicted octanol–water partition coefficient (Wildman–Crippen LogP) is 1.59. The standard InChI is InChI=1S/C17H25N3O3/c1-19(17(22)23-13-14-7-3-2-4-8-14)12-15-9-5-6-10-20(15)16(21)11-18/h2-4,7-8,15H,5-6,9-13,18H2,1H3. The van der Waals surface area contributed by atoms with Gasteiger partial charge in [0.25, 0.3) is 0 Å². The van der Waals surface area contributed by atoms with Gasteiger partial charge in [-0.05, 0) is 24.8 Å². The molecule has 0 aromatic heterocycles. The van der Waals surface area contributed by atoms with Crippen LogP contribution in [0.4, 0.5) is 4.79 Å². The Balaban J connectivity index is 1.85. The second kappa shape index (κ2) is 8.53. The molecule has 0 saturated carbocycles. The molecule has 6 nitrogen and oxygen atoms in total. The Morgan fingerprint density at radius 3 is 2.74 bits per heavy atom. The minimum absolute atomic E-state index is 0.0126. The van der Waals surface area contributed by atoms with Crippen LogP contribution in [0.15, 0.2) is 30.3 Å². The maximum absolute atomic E-state index is 12.1. The molecule has 1 unspecified atom stereocenters. The van der Waals surface area contributed by atoms with Crippen LogP contribution in [0.3, 0.4) is 0 Å². The van der Waals surface area contributed by atoms with Crippen molar-refractivity contribution in [1.82, 2.24) is 9.80 Å². The smallest absolute Gasteiger partial charge is 0.409 e. The van der Waals surface area contributed by atoms with Crippen LogP contribution in [-0.4, -0.2) is 54.5 Å². The molecular formula is C17H25N3O3. The predicted molar refractivity (Wildman–Crippen MR) is 87.7 cm³/mol. The quantitative estimate of drug-likeness (QED) is 0.894. The molecule has 2 rings (SSSR count). The minimum atomic E-state index is -0.375. The topological polar surface area (TPSA) is 75.9 Å². The maximum Gasteiger partial charge on any atom is 0.409 e. The summed E-state index contributed by atoms with van der Waals surface area (Å²) in [7, 11) is 1.70. The summed E-state index contributed by atoms with van der Waals surface area (Å²) in [5.41, 5.74) is 6.42. The van der Waals surface area contributed by atoms with Crippen LogP contribution in [-0.2, 0) is 16.1 Å². The lowest BCUT2D eigenvalue weighted by Crippen LogP contribution is -2.51. The average molecular weight is 319 g/mol. The summed E-state index contributed by atoms with van der Waals surface area (Å²) in [5.74, 6) is -0.0549. The van der Waals surface area contributed by atoms with Crippen molar-refractivity contribution in [2.24, 2.45) is 5.73 Å². The summed E-state index contributed by atoms with van der Waals surface area (Å²) < 4.78 is 5.31. The number of nitrogens with two attached hydrogens (primary N) is 1. The highest BCUT2D eigenvalue weighted by Crippen LogP contribution is 2.18. The van der Waals surface area contributed by atoms with Crippen LogP contribution in [0.5, 0.6) is 0 Å². The van der Waals surface area contributed by atoms with Gasteiger partial charge in [-0.25, -0.2) is 4.79 Å². The van der Waals surface area contributed by atoms with Gasteiger partial charge in [0.05, 0.1) is 6.54 Å². The molecule has 1 saturated heterocycles. The Hall–Kier alpha value is -2.08. The molecule has 0 bridgehead atoms. The number of ether oxygens (including phenoxy) is 1. The second-order valence-corrected chi connectivity index (χ2v) is 5.86. The molecule has 6 heteroatoms. The second-order valence-electron chi connectivity index (χ2n) is 5.86. The highest BCUT2D eigenvalue weighted by atomic mass is 16.6. The van der Waals surface area contributed by atoms with Gasteiger partial charge in [0.1, 0.15) is 6.61 Å². The van der Waals surface area contributed by atoms with E-state index in [4.69, 9.17) is 10.5 Å². The number of nitrogens with zero attached hydrogens (tertiary/aromatic N) is 2. The van der Waals surface area contributed by atoms with Crippen LogP contribution in [0.25, 0.3) is 0 Å². The van der Waals surface area contributed by atoms with Gasteiger partial charge in [0.2, 0.25) is 5.91 Å². The van der Waals surface area contributed by atoms with Gasteiger partial charge in [-0.1, -0.05) is 30.3 Å². The van der Waals surface area contributed by atoms with Gasteiger partial charge < -0.3 is 20.3 Å². The number of likely N-dealkylation sites (N-methyl/N-ethyl adjacent to an activating group) is 1. The first-order valence-electron chi connectivity index (χ1n) is 8.03. The van der Waals surface area contributed by atoms with Crippen molar-refractivity contribution in [1.29, 1.82) is 0 Å². The summed E-state index contributed by atoms with van der Waals surface area (Å²) in [5, 5.41) is 0. The van der Waals surface area contributed by atoms with E-state index in [1.165, 1.54) is 4.90 Å². The molecule has 1 fully saturated rings. The zero-order valence-corrected chi connectivity index (χ0v) is 13.6. The number of carbonyl (C=O) groups is 2. The fourth-order valence-electron chi connectivity index (χ4n) is 2.86. The van der Waals surface area contributed by atoms with Crippen molar-refractivity contribution < 1.29 is 14.3 Å². The van der Waals surface area contributed by atoms with E-state index in [1.54, 1.807) is 11.9 Å². The van der Waals surface area contributed by atoms with Gasteiger partial charge in [0.15, 0.2) is 0 Å². The largest absolute Gasteiger partial charge is 0.445 e. The summed E-state index contributed by atoms with van der Waals surface area (Å²) in [4.78, 5) is 27.4. The van der Waals surface area contributed by atoms with Crippen molar-refractivity contribution in [2.75, 3.05) is 26.7 Å². The van der Waals surface area contributed by atoms with Gasteiger partial charge >= 0.3 is 6.09 Å². The van der Waals surface area contributed by atoms with Gasteiger partial charge in [0, 0.05) is 26.2 Å². The summed E-state index contributed by atoms with van der Waals surface area (Å²) in [6.07, 6.45) is 2.57. The van der Waals surface area contributed by atoms with E-state index in [0.717, 1.165) is 24.8 Å². The molecule has 1 heterocycles. The number of amides is 2. The van der Waals surface area contributed by atoms with E-state index >= 15 is 0 Å². The average Bonchev–Trinajstić information content (AvgIpc) is 2.60. The van der Waals surface area contributed by atoms with Crippen molar-refractivity contribution in [3.63, 3.8) is 0 Å². The van der Waals surface area contributed by atoms with Crippen molar-refractivity contribution >= 4 is 12.0 Å². The number of benzene rings is 1. The van der Waals surface area contributed by atoms with Crippen LogP contribution in [0, 0.1) is 0 Å². The van der Waals surface area contributed by atoms with Gasteiger partial charge in [-0.15, -0.1) is 0 Å². The van der Waals surface area contributed by atoms with Gasteiger partial charge in [-0.2, -0.15) is 0 Å². The maximum atomic E-state index is 12.1. The minimum Gasteiger partial charge on any atom is -0.445 e. The molecule has 2 N–H and O–H groups in total. The van der Waals surface area contributed by atoms with Crippen molar-refractivity contribution in [2.45, 2.75) is 31.9 Å². The molecule has 2 amide bonds. The molecule has 0 aliphatic carbocycles. The first kappa shape index (κ1) is 17.3. The molecule has 1 atom stereocenters. The zero-order chi connectivity index (χ0) is 16.7. The molecular weight excluding hydrogens is 294 g/mol. The Bertz CT molecular complexity index is 521. The third-order valence-corrected chi connectivity index (χ3v) is 4.12. The van der Waals surface area contributed by atoms with E-state index in [0.29, 0.717) is 13.1 Å². The first-order chi connectivity index (χ1) is 11.1. The SMILES string of the molecule is CN(CC1CCCCN1C(=O)CN)C(=O)OCc1ccccc1. The van der Waals surface area contributed by atoms with Crippen molar-refractivity contribution in [3.8, 4) is 0 Å². The van der Waals surface area contributed by atoms with Crippen LogP contribution < -0.4 is 5.73 Å². The summed E-state index contributed by atoms with van der Waals surface area (Å²) in [6, 6.07) is 9.58. The monoisotopic (exact) mass is 319 g/mol. The van der Waals surface area contributed by atoms with Crippen LogP contribution in [0.1, 0.15) is 24.8 Å². The number of piperidine rings is 1. The fraction of sp³-hybridized carbons (Fsp3) is 0.529. The number of likely N-dealkylation sites (tertiary alicyclic amines) is 1. The van der Waals surface area contributed by atoms with E-state index in [1.807, 2.05) is 30.3 Å². The zero-order valence-electron chi connectivity index (χ0n) is 13.6. The first-order valence-corrected chi connectivity index (χ1v) is 8.03. The highest BCUT2D eigenvalue weighted by molar-refractivity contribution is 5.78. The normalized spacial score (nSPS) is 17.7. The third kappa shape index (κ3) is 4.96. The molecule has 23 heavy (non-hydrogen) atoms. The molecule has 1 aliphatic heterocycles. The highest BCUT2D eigenvalue weighted by Gasteiger charge is 2.28. The lowest BCUT2D eigenvalue weighted by molar-refractivity contribution is -0.133. The van der Waals surface area contributed by atoms with E-state index in [-0.39, 0.29) is 31.2 Å². The number of hydrogen-bond donors (Lipinski definition) is 1. The number of carbonyl (C=O) groups excluding carboxylic acids is 2. The molecule has 1 aromatic carbocycles. The van der Waals surface area contributed by atoms with Gasteiger partial charge in [-0.3, -0.25) is 4.79 Å². The van der Waals surface area contributed by atoms with E-state index in [2.05, 4.69) is 0 Å². The molecule has 0 spiro atoms. The van der Waals surface area contributed by atoms with Crippen molar-refractivity contribution in [3.05, 3.63) is 35.9 Å². The summed E-state index contributed by atoms with van der Waals surface area (Å²) in [6.45, 7) is 1.45. The Kier molecular flexibility index (Phi) is 6.40. The van der Waals surface area contributed by atoms with E-state index in [9.17, 15) is 9.59 Å². The lowest BCUT2D eigenvalue weighted by Gasteiger charge is -2.37. The van der Waals surface area contributed by atoms with Crippen LogP contribution in [0.2, 0.25) is 0 Å². The molecule has 126 valence electrons. The molecule has 1 aliphatic rings. The van der Waals surface area contributed by atoms with E-state index < -0.39 is 0 Å². The Labute approximate surface area is 137 Å².